The van der Waals surface area contributed by atoms with Crippen LogP contribution in [0.25, 0.3) is 0 Å². The summed E-state index contributed by atoms with van der Waals surface area (Å²) in [7, 11) is 0. The number of carboxylic acids is 1. The molecule has 0 aromatic carbocycles. The maximum atomic E-state index is 11.0. The minimum atomic E-state index is -0.602. The van der Waals surface area contributed by atoms with E-state index in [2.05, 4.69) is 26.0 Å². The van der Waals surface area contributed by atoms with E-state index in [1.165, 1.54) is 6.42 Å². The van der Waals surface area contributed by atoms with Gasteiger partial charge >= 0.3 is 5.97 Å². The second-order valence-corrected chi connectivity index (χ2v) is 5.21. The fourth-order valence-corrected chi connectivity index (χ4v) is 3.17. The number of carboxylic acid groups (broad SMARTS) is 1. The van der Waals surface area contributed by atoms with E-state index in [9.17, 15) is 4.79 Å². The minimum Gasteiger partial charge on any atom is -0.481 e. The Hall–Kier alpha value is -0.790. The predicted molar refractivity (Wildman–Crippen MR) is 54.9 cm³/mol. The lowest BCUT2D eigenvalue weighted by Gasteiger charge is -2.18. The smallest absolute Gasteiger partial charge is 0.307 e. The van der Waals surface area contributed by atoms with Crippen molar-refractivity contribution in [2.24, 2.45) is 23.2 Å². The summed E-state index contributed by atoms with van der Waals surface area (Å²) in [5.74, 6) is 0.314. The fourth-order valence-electron chi connectivity index (χ4n) is 3.17. The summed E-state index contributed by atoms with van der Waals surface area (Å²) >= 11 is 0. The zero-order valence-electron chi connectivity index (χ0n) is 8.86. The zero-order chi connectivity index (χ0) is 10.3. The third-order valence-corrected chi connectivity index (χ3v) is 3.99. The van der Waals surface area contributed by atoms with Gasteiger partial charge in [-0.05, 0) is 36.5 Å². The van der Waals surface area contributed by atoms with E-state index in [0.29, 0.717) is 11.8 Å². The molecule has 0 heterocycles. The summed E-state index contributed by atoms with van der Waals surface area (Å²) in [6, 6.07) is 0. The number of hydrogen-bond acceptors (Lipinski definition) is 1. The lowest BCUT2D eigenvalue weighted by Crippen LogP contribution is -2.10. The van der Waals surface area contributed by atoms with Gasteiger partial charge in [0.15, 0.2) is 0 Å². The highest BCUT2D eigenvalue weighted by atomic mass is 16.4. The van der Waals surface area contributed by atoms with Gasteiger partial charge in [-0.15, -0.1) is 0 Å². The quantitative estimate of drug-likeness (QED) is 0.686. The van der Waals surface area contributed by atoms with Crippen LogP contribution in [0.15, 0.2) is 12.2 Å². The van der Waals surface area contributed by atoms with Crippen LogP contribution in [0.2, 0.25) is 0 Å². The number of aliphatic carboxylic acids is 1. The van der Waals surface area contributed by atoms with E-state index in [1.807, 2.05) is 0 Å². The van der Waals surface area contributed by atoms with Crippen molar-refractivity contribution in [3.63, 3.8) is 0 Å². The van der Waals surface area contributed by atoms with Crippen molar-refractivity contribution in [1.29, 1.82) is 0 Å². The highest BCUT2D eigenvalue weighted by Gasteiger charge is 2.64. The van der Waals surface area contributed by atoms with Crippen molar-refractivity contribution in [3.05, 3.63) is 12.2 Å². The van der Waals surface area contributed by atoms with Crippen LogP contribution in [-0.2, 0) is 4.79 Å². The molecule has 0 amide bonds. The maximum absolute atomic E-state index is 11.0. The average Bonchev–Trinajstić information content (AvgIpc) is 2.71. The third kappa shape index (κ3) is 1.37. The summed E-state index contributed by atoms with van der Waals surface area (Å²) < 4.78 is 0. The molecule has 0 bridgehead atoms. The van der Waals surface area contributed by atoms with Gasteiger partial charge in [0.2, 0.25) is 0 Å². The van der Waals surface area contributed by atoms with Gasteiger partial charge in [0.25, 0.3) is 0 Å². The Balaban J connectivity index is 2.06. The molecule has 2 heteroatoms. The molecule has 1 fully saturated rings. The molecule has 3 unspecified atom stereocenters. The summed E-state index contributed by atoms with van der Waals surface area (Å²) in [6.07, 6.45) is 7.80. The first-order valence-electron chi connectivity index (χ1n) is 5.43. The molecule has 78 valence electrons. The Kier molecular flexibility index (Phi) is 2.17. The average molecular weight is 194 g/mol. The Bertz CT molecular complexity index is 278. The van der Waals surface area contributed by atoms with Crippen molar-refractivity contribution in [2.75, 3.05) is 0 Å². The Labute approximate surface area is 85.0 Å². The molecule has 3 atom stereocenters. The molecule has 0 saturated heterocycles. The molecule has 0 aromatic heterocycles. The molecule has 0 aliphatic heterocycles. The van der Waals surface area contributed by atoms with E-state index in [0.717, 1.165) is 12.8 Å². The van der Waals surface area contributed by atoms with E-state index < -0.39 is 5.97 Å². The van der Waals surface area contributed by atoms with E-state index in [1.54, 1.807) is 0 Å². The van der Waals surface area contributed by atoms with Crippen molar-refractivity contribution in [1.82, 2.24) is 0 Å². The lowest BCUT2D eigenvalue weighted by molar-refractivity contribution is -0.139. The van der Waals surface area contributed by atoms with Gasteiger partial charge in [-0.1, -0.05) is 26.0 Å². The van der Waals surface area contributed by atoms with Gasteiger partial charge in [0.05, 0.1) is 5.92 Å². The highest BCUT2D eigenvalue weighted by molar-refractivity contribution is 5.75. The number of carbonyl (C=O) groups is 1. The van der Waals surface area contributed by atoms with Gasteiger partial charge < -0.3 is 5.11 Å². The molecule has 2 rings (SSSR count). The fraction of sp³-hybridized carbons (Fsp3) is 0.750. The van der Waals surface area contributed by atoms with Crippen LogP contribution in [-0.4, -0.2) is 11.1 Å². The van der Waals surface area contributed by atoms with Crippen molar-refractivity contribution < 1.29 is 9.90 Å². The molecule has 2 nitrogen and oxygen atoms in total. The molecular weight excluding hydrogens is 176 g/mol. The molecular formula is C12H18O2. The molecule has 14 heavy (non-hydrogen) atoms. The van der Waals surface area contributed by atoms with Crippen molar-refractivity contribution in [2.45, 2.75) is 33.1 Å². The Morgan fingerprint density at radius 1 is 1.43 bits per heavy atom. The first-order valence-corrected chi connectivity index (χ1v) is 5.43. The van der Waals surface area contributed by atoms with Crippen LogP contribution in [0.5, 0.6) is 0 Å². The Morgan fingerprint density at radius 3 is 2.57 bits per heavy atom. The maximum Gasteiger partial charge on any atom is 0.307 e. The minimum absolute atomic E-state index is 0.0294. The van der Waals surface area contributed by atoms with Gasteiger partial charge in [0, 0.05) is 0 Å². The summed E-state index contributed by atoms with van der Waals surface area (Å²) in [5.41, 5.74) is 0.0294. The molecule has 2 aliphatic carbocycles. The second kappa shape index (κ2) is 3.11. The van der Waals surface area contributed by atoms with E-state index >= 15 is 0 Å². The van der Waals surface area contributed by atoms with Crippen molar-refractivity contribution in [3.8, 4) is 0 Å². The number of rotatable bonds is 2. The molecule has 1 N–H and O–H groups in total. The summed E-state index contributed by atoms with van der Waals surface area (Å²) in [4.78, 5) is 11.0. The molecule has 1 saturated carbocycles. The normalized spacial score (nSPS) is 39.4. The first-order chi connectivity index (χ1) is 6.55. The monoisotopic (exact) mass is 194 g/mol. The largest absolute Gasteiger partial charge is 0.481 e. The van der Waals surface area contributed by atoms with Crippen molar-refractivity contribution >= 4 is 5.97 Å². The van der Waals surface area contributed by atoms with Gasteiger partial charge in [0.1, 0.15) is 0 Å². The highest BCUT2D eigenvalue weighted by Crippen LogP contribution is 2.63. The summed E-state index contributed by atoms with van der Waals surface area (Å²) in [6.45, 7) is 4.18. The Morgan fingerprint density at radius 2 is 2.14 bits per heavy atom. The molecule has 0 aromatic rings. The number of hydrogen-bond donors (Lipinski definition) is 1. The molecule has 0 spiro atoms. The second-order valence-electron chi connectivity index (χ2n) is 5.21. The number of allylic oxidation sites excluding steroid dienone is 2. The topological polar surface area (TPSA) is 37.3 Å². The SMILES string of the molecule is CC1(C)C(C(=O)O)C1C1CC=CCC1. The van der Waals surface area contributed by atoms with Crippen LogP contribution in [0.1, 0.15) is 33.1 Å². The van der Waals surface area contributed by atoms with Crippen LogP contribution < -0.4 is 0 Å². The third-order valence-electron chi connectivity index (χ3n) is 3.99. The van der Waals surface area contributed by atoms with Crippen LogP contribution in [0.3, 0.4) is 0 Å². The van der Waals surface area contributed by atoms with Gasteiger partial charge in [-0.2, -0.15) is 0 Å². The first kappa shape index (κ1) is 9.75. The van der Waals surface area contributed by atoms with Gasteiger partial charge in [-0.3, -0.25) is 4.79 Å². The van der Waals surface area contributed by atoms with Crippen LogP contribution >= 0.6 is 0 Å². The summed E-state index contributed by atoms with van der Waals surface area (Å²) in [5, 5.41) is 9.07. The zero-order valence-corrected chi connectivity index (χ0v) is 8.86. The van der Waals surface area contributed by atoms with E-state index in [4.69, 9.17) is 5.11 Å². The molecule has 0 radical (unpaired) electrons. The van der Waals surface area contributed by atoms with E-state index in [-0.39, 0.29) is 11.3 Å². The predicted octanol–water partition coefficient (Wildman–Crippen LogP) is 2.70. The van der Waals surface area contributed by atoms with Gasteiger partial charge in [-0.25, -0.2) is 0 Å². The standard InChI is InChI=1S/C12H18O2/c1-12(2)9(10(12)11(13)14)8-6-4-3-5-7-8/h3-4,8-10H,5-7H2,1-2H3,(H,13,14). The van der Waals surface area contributed by atoms with Crippen LogP contribution in [0.4, 0.5) is 0 Å². The lowest BCUT2D eigenvalue weighted by atomic mass is 9.87. The van der Waals surface area contributed by atoms with Crippen LogP contribution in [0, 0.1) is 23.2 Å². The molecule has 2 aliphatic rings.